The number of carbonyl (C=O) groups excluding carboxylic acids is 1. The zero-order valence-corrected chi connectivity index (χ0v) is 19.4. The van der Waals surface area contributed by atoms with E-state index in [4.69, 9.17) is 9.47 Å². The highest BCUT2D eigenvalue weighted by atomic mass is 127. The van der Waals surface area contributed by atoms with Gasteiger partial charge in [0.1, 0.15) is 12.3 Å². The summed E-state index contributed by atoms with van der Waals surface area (Å²) in [6, 6.07) is 6.38. The molecule has 0 bridgehead atoms. The molecule has 4 aromatic rings. The van der Waals surface area contributed by atoms with Gasteiger partial charge in [-0.2, -0.15) is 13.2 Å². The summed E-state index contributed by atoms with van der Waals surface area (Å²) in [6.45, 7) is -0.245. The molecule has 4 rings (SSSR count). The van der Waals surface area contributed by atoms with Crippen molar-refractivity contribution in [2.45, 2.75) is 12.8 Å². The number of methoxy groups -OCH3 is 1. The van der Waals surface area contributed by atoms with Crippen LogP contribution in [-0.2, 0) is 12.8 Å². The SMILES string of the molecule is COc1n[nH]c2ncc(NC(=O)c3c(I)ccc(OCc4ccc(C(F)(F)F)nc4)c3F)cc12. The Labute approximate surface area is 202 Å². The molecule has 0 atom stereocenters. The number of nitrogens with one attached hydrogen (secondary N) is 2. The summed E-state index contributed by atoms with van der Waals surface area (Å²) in [6.07, 6.45) is -2.19. The van der Waals surface area contributed by atoms with E-state index in [0.29, 0.717) is 20.2 Å². The molecule has 0 radical (unpaired) electrons. The number of benzene rings is 1. The van der Waals surface area contributed by atoms with Crippen LogP contribution in [0, 0.1) is 9.39 Å². The number of rotatable bonds is 6. The first-order chi connectivity index (χ1) is 16.2. The molecule has 0 aliphatic rings. The van der Waals surface area contributed by atoms with Crippen LogP contribution in [0.1, 0.15) is 21.6 Å². The maximum atomic E-state index is 15.1. The average molecular weight is 587 g/mol. The van der Waals surface area contributed by atoms with E-state index >= 15 is 4.39 Å². The number of carbonyl (C=O) groups is 1. The van der Waals surface area contributed by atoms with E-state index in [2.05, 4.69) is 25.5 Å². The van der Waals surface area contributed by atoms with Gasteiger partial charge >= 0.3 is 6.18 Å². The van der Waals surface area contributed by atoms with Crippen molar-refractivity contribution < 1.29 is 31.8 Å². The highest BCUT2D eigenvalue weighted by Crippen LogP contribution is 2.29. The summed E-state index contributed by atoms with van der Waals surface area (Å²) in [5, 5.41) is 9.72. The molecule has 0 fully saturated rings. The number of fused-ring (bicyclic) bond motifs is 1. The van der Waals surface area contributed by atoms with Crippen molar-refractivity contribution in [1.29, 1.82) is 0 Å². The molecule has 1 aromatic carbocycles. The number of aromatic amines is 1. The van der Waals surface area contributed by atoms with Crippen molar-refractivity contribution in [3.05, 3.63) is 68.9 Å². The summed E-state index contributed by atoms with van der Waals surface area (Å²) >= 11 is 1.81. The van der Waals surface area contributed by atoms with E-state index in [-0.39, 0.29) is 29.5 Å². The summed E-state index contributed by atoms with van der Waals surface area (Å²) in [7, 11) is 1.44. The molecule has 0 saturated carbocycles. The zero-order chi connectivity index (χ0) is 24.5. The maximum Gasteiger partial charge on any atom is 0.433 e. The number of hydrogen-bond donors (Lipinski definition) is 2. The predicted octanol–water partition coefficient (Wildman–Crippen LogP) is 4.96. The van der Waals surface area contributed by atoms with Gasteiger partial charge in [-0.05, 0) is 46.9 Å². The minimum absolute atomic E-state index is 0.240. The molecule has 0 spiro atoms. The van der Waals surface area contributed by atoms with Gasteiger partial charge in [-0.3, -0.25) is 14.9 Å². The molecule has 13 heteroatoms. The largest absolute Gasteiger partial charge is 0.486 e. The Kier molecular flexibility index (Phi) is 6.54. The van der Waals surface area contributed by atoms with Crippen LogP contribution in [0.3, 0.4) is 0 Å². The topological polar surface area (TPSA) is 102 Å². The van der Waals surface area contributed by atoms with Crippen molar-refractivity contribution in [1.82, 2.24) is 20.2 Å². The van der Waals surface area contributed by atoms with Gasteiger partial charge in [-0.15, -0.1) is 5.10 Å². The molecular formula is C21H14F4IN5O3. The Bertz CT molecular complexity index is 1360. The highest BCUT2D eigenvalue weighted by molar-refractivity contribution is 14.1. The number of hydrogen-bond acceptors (Lipinski definition) is 6. The molecule has 0 aliphatic heterocycles. The third-order valence-electron chi connectivity index (χ3n) is 4.62. The molecule has 0 saturated heterocycles. The van der Waals surface area contributed by atoms with E-state index in [9.17, 15) is 18.0 Å². The van der Waals surface area contributed by atoms with Crippen LogP contribution in [0.15, 0.2) is 42.7 Å². The monoisotopic (exact) mass is 587 g/mol. The normalized spacial score (nSPS) is 11.5. The van der Waals surface area contributed by atoms with Crippen LogP contribution >= 0.6 is 22.6 Å². The summed E-state index contributed by atoms with van der Waals surface area (Å²) in [5.74, 6) is -1.62. The number of ether oxygens (including phenoxy) is 2. The van der Waals surface area contributed by atoms with Crippen LogP contribution in [0.4, 0.5) is 23.2 Å². The molecule has 3 heterocycles. The van der Waals surface area contributed by atoms with E-state index in [1.807, 2.05) is 22.6 Å². The van der Waals surface area contributed by atoms with Gasteiger partial charge in [0.15, 0.2) is 17.2 Å². The van der Waals surface area contributed by atoms with Crippen molar-refractivity contribution in [2.24, 2.45) is 0 Å². The van der Waals surface area contributed by atoms with Gasteiger partial charge in [0.05, 0.1) is 29.9 Å². The van der Waals surface area contributed by atoms with E-state index in [0.717, 1.165) is 12.3 Å². The summed E-state index contributed by atoms with van der Waals surface area (Å²) in [5.41, 5.74) is -0.275. The first kappa shape index (κ1) is 23.7. The predicted molar refractivity (Wildman–Crippen MR) is 121 cm³/mol. The lowest BCUT2D eigenvalue weighted by Gasteiger charge is -2.13. The number of aromatic nitrogens is 4. The van der Waals surface area contributed by atoms with Crippen LogP contribution in [0.25, 0.3) is 11.0 Å². The van der Waals surface area contributed by atoms with Crippen molar-refractivity contribution in [3.63, 3.8) is 0 Å². The first-order valence-electron chi connectivity index (χ1n) is 9.49. The molecule has 34 heavy (non-hydrogen) atoms. The fourth-order valence-corrected chi connectivity index (χ4v) is 3.65. The number of H-pyrrole nitrogens is 1. The molecule has 3 aromatic heterocycles. The minimum atomic E-state index is -4.56. The van der Waals surface area contributed by atoms with Gasteiger partial charge in [-0.1, -0.05) is 6.07 Å². The number of nitrogens with zero attached hydrogens (tertiary/aromatic N) is 3. The molecular weight excluding hydrogens is 573 g/mol. The Morgan fingerprint density at radius 1 is 1.18 bits per heavy atom. The van der Waals surface area contributed by atoms with E-state index in [1.54, 1.807) is 6.07 Å². The summed E-state index contributed by atoms with van der Waals surface area (Å²) in [4.78, 5) is 20.3. The number of amides is 1. The second-order valence-corrected chi connectivity index (χ2v) is 8.04. The first-order valence-corrected chi connectivity index (χ1v) is 10.6. The fraction of sp³-hybridized carbons (Fsp3) is 0.143. The fourth-order valence-electron chi connectivity index (χ4n) is 2.99. The highest BCUT2D eigenvalue weighted by Gasteiger charge is 2.32. The quantitative estimate of drug-likeness (QED) is 0.245. The molecule has 8 nitrogen and oxygen atoms in total. The zero-order valence-electron chi connectivity index (χ0n) is 17.2. The lowest BCUT2D eigenvalue weighted by Crippen LogP contribution is -2.16. The maximum absolute atomic E-state index is 15.1. The van der Waals surface area contributed by atoms with Crippen molar-refractivity contribution in [3.8, 4) is 11.6 Å². The van der Waals surface area contributed by atoms with Crippen LogP contribution in [0.2, 0.25) is 0 Å². The molecule has 1 amide bonds. The van der Waals surface area contributed by atoms with E-state index < -0.39 is 23.6 Å². The number of halogens is 5. The van der Waals surface area contributed by atoms with Crippen LogP contribution < -0.4 is 14.8 Å². The smallest absolute Gasteiger partial charge is 0.433 e. The molecule has 176 valence electrons. The molecule has 0 aliphatic carbocycles. The Balaban J connectivity index is 1.52. The number of anilines is 1. The van der Waals surface area contributed by atoms with Crippen LogP contribution in [0.5, 0.6) is 11.6 Å². The number of pyridine rings is 2. The van der Waals surface area contributed by atoms with Gasteiger partial charge in [-0.25, -0.2) is 9.37 Å². The standard InChI is InChI=1S/C21H14F4IN5O3/c1-33-20-12-6-11(8-28-18(12)30-31-20)29-19(32)16-13(26)3-4-14(17(16)22)34-9-10-2-5-15(27-7-10)21(23,24)25/h2-8H,9H2,1H3,(H,29,32)(H,28,30,31). The lowest BCUT2D eigenvalue weighted by molar-refractivity contribution is -0.141. The lowest BCUT2D eigenvalue weighted by atomic mass is 10.1. The Hall–Kier alpha value is -3.49. The van der Waals surface area contributed by atoms with Gasteiger partial charge in [0.25, 0.3) is 5.91 Å². The second kappa shape index (κ2) is 9.40. The Morgan fingerprint density at radius 2 is 1.97 bits per heavy atom. The molecule has 0 unspecified atom stereocenters. The van der Waals surface area contributed by atoms with E-state index in [1.165, 1.54) is 31.5 Å². The van der Waals surface area contributed by atoms with Gasteiger partial charge < -0.3 is 14.8 Å². The third kappa shape index (κ3) is 4.88. The summed E-state index contributed by atoms with van der Waals surface area (Å²) < 4.78 is 63.9. The van der Waals surface area contributed by atoms with Crippen LogP contribution in [-0.4, -0.2) is 33.2 Å². The third-order valence-corrected chi connectivity index (χ3v) is 5.52. The average Bonchev–Trinajstić information content (AvgIpc) is 3.20. The van der Waals surface area contributed by atoms with Crippen molar-refractivity contribution >= 4 is 45.2 Å². The Morgan fingerprint density at radius 3 is 2.65 bits per heavy atom. The van der Waals surface area contributed by atoms with Gasteiger partial charge in [0, 0.05) is 15.3 Å². The second-order valence-electron chi connectivity index (χ2n) is 6.88. The number of alkyl halides is 3. The minimum Gasteiger partial charge on any atom is -0.486 e. The molecule has 2 N–H and O–H groups in total. The van der Waals surface area contributed by atoms with Gasteiger partial charge in [0.2, 0.25) is 5.88 Å². The van der Waals surface area contributed by atoms with Crippen molar-refractivity contribution in [2.75, 3.05) is 12.4 Å².